The van der Waals surface area contributed by atoms with E-state index in [2.05, 4.69) is 39.9 Å². The number of rotatable bonds is 4. The van der Waals surface area contributed by atoms with Crippen LogP contribution in [0.2, 0.25) is 18.1 Å². The largest absolute Gasteiger partial charge is 0.547 e. The highest BCUT2D eigenvalue weighted by Crippen LogP contribution is 2.39. The van der Waals surface area contributed by atoms with Crippen LogP contribution in [0.15, 0.2) is 11.8 Å². The number of hydrogen-bond acceptors (Lipinski definition) is 3. The molecule has 0 aliphatic heterocycles. The first-order valence-electron chi connectivity index (χ1n) is 7.12. The lowest BCUT2D eigenvalue weighted by atomic mass is 9.92. The Kier molecular flexibility index (Phi) is 5.24. The van der Waals surface area contributed by atoms with Crippen molar-refractivity contribution in [1.82, 2.24) is 0 Å². The average molecular weight is 284 g/mol. The van der Waals surface area contributed by atoms with Crippen molar-refractivity contribution in [2.45, 2.75) is 64.6 Å². The zero-order valence-electron chi connectivity index (χ0n) is 13.2. The standard InChI is InChI=1S/C15H28O3Si/c1-15(2,3)19(5,6)18-13-9-7-8-12(10-13)11-14(16)17-4/h10,12H,7-9,11H2,1-6H3. The van der Waals surface area contributed by atoms with Gasteiger partial charge in [-0.05, 0) is 43.0 Å². The maximum absolute atomic E-state index is 11.3. The van der Waals surface area contributed by atoms with Gasteiger partial charge in [0.25, 0.3) is 0 Å². The summed E-state index contributed by atoms with van der Waals surface area (Å²) in [6, 6.07) is 0. The first-order chi connectivity index (χ1) is 8.65. The lowest BCUT2D eigenvalue weighted by Crippen LogP contribution is -2.40. The van der Waals surface area contributed by atoms with Crippen molar-refractivity contribution in [3.05, 3.63) is 11.8 Å². The maximum atomic E-state index is 11.3. The molecular formula is C15H28O3Si. The molecule has 110 valence electrons. The summed E-state index contributed by atoms with van der Waals surface area (Å²) in [5.41, 5.74) is 0. The SMILES string of the molecule is COC(=O)CC1C=C(O[Si](C)(C)C(C)(C)C)CCC1. The molecule has 0 saturated carbocycles. The highest BCUT2D eigenvalue weighted by Gasteiger charge is 2.39. The molecule has 0 fully saturated rings. The van der Waals surface area contributed by atoms with Crippen molar-refractivity contribution in [3.8, 4) is 0 Å². The molecule has 1 aliphatic rings. The fraction of sp³-hybridized carbons (Fsp3) is 0.800. The van der Waals surface area contributed by atoms with E-state index in [0.717, 1.165) is 25.0 Å². The molecule has 0 radical (unpaired) electrons. The second-order valence-corrected chi connectivity index (χ2v) is 11.7. The number of methoxy groups -OCH3 is 1. The normalized spacial score (nSPS) is 20.7. The van der Waals surface area contributed by atoms with Crippen molar-refractivity contribution < 1.29 is 14.0 Å². The van der Waals surface area contributed by atoms with Gasteiger partial charge in [0.2, 0.25) is 8.32 Å². The summed E-state index contributed by atoms with van der Waals surface area (Å²) in [7, 11) is -0.308. The smallest absolute Gasteiger partial charge is 0.306 e. The number of esters is 1. The molecule has 1 rings (SSSR count). The van der Waals surface area contributed by atoms with Gasteiger partial charge in [-0.1, -0.05) is 20.8 Å². The van der Waals surface area contributed by atoms with Gasteiger partial charge in [0.15, 0.2) is 0 Å². The van der Waals surface area contributed by atoms with Gasteiger partial charge in [-0.25, -0.2) is 0 Å². The Morgan fingerprint density at radius 3 is 2.58 bits per heavy atom. The number of carbonyl (C=O) groups is 1. The fourth-order valence-electron chi connectivity index (χ4n) is 1.99. The fourth-order valence-corrected chi connectivity index (χ4v) is 3.12. The molecule has 4 heteroatoms. The van der Waals surface area contributed by atoms with Crippen LogP contribution >= 0.6 is 0 Å². The van der Waals surface area contributed by atoms with Crippen LogP contribution in [0.25, 0.3) is 0 Å². The van der Waals surface area contributed by atoms with Crippen molar-refractivity contribution in [1.29, 1.82) is 0 Å². The lowest BCUT2D eigenvalue weighted by Gasteiger charge is -2.38. The molecule has 0 aromatic heterocycles. The maximum Gasteiger partial charge on any atom is 0.306 e. The summed E-state index contributed by atoms with van der Waals surface area (Å²) in [5, 5.41) is 0.211. The summed E-state index contributed by atoms with van der Waals surface area (Å²) in [6.07, 6.45) is 5.79. The summed E-state index contributed by atoms with van der Waals surface area (Å²) >= 11 is 0. The van der Waals surface area contributed by atoms with Gasteiger partial charge in [-0.2, -0.15) is 0 Å². The second kappa shape index (κ2) is 6.12. The predicted molar refractivity (Wildman–Crippen MR) is 80.3 cm³/mol. The van der Waals surface area contributed by atoms with E-state index in [9.17, 15) is 4.79 Å². The Balaban J connectivity index is 2.70. The Labute approximate surface area is 118 Å². The Bertz CT molecular complexity index is 353. The molecule has 19 heavy (non-hydrogen) atoms. The molecule has 0 aromatic rings. The first-order valence-corrected chi connectivity index (χ1v) is 10.0. The summed E-state index contributed by atoms with van der Waals surface area (Å²) in [5.74, 6) is 1.24. The van der Waals surface area contributed by atoms with Crippen LogP contribution in [0.5, 0.6) is 0 Å². The molecular weight excluding hydrogens is 256 g/mol. The molecule has 0 spiro atoms. The summed E-state index contributed by atoms with van der Waals surface area (Å²) in [4.78, 5) is 11.3. The van der Waals surface area contributed by atoms with E-state index in [4.69, 9.17) is 9.16 Å². The molecule has 0 aromatic carbocycles. The Morgan fingerprint density at radius 2 is 2.05 bits per heavy atom. The van der Waals surface area contributed by atoms with E-state index in [0.29, 0.717) is 6.42 Å². The molecule has 0 bridgehead atoms. The Hall–Kier alpha value is -0.773. The van der Waals surface area contributed by atoms with E-state index in [1.165, 1.54) is 7.11 Å². The Morgan fingerprint density at radius 1 is 1.42 bits per heavy atom. The average Bonchev–Trinajstić information content (AvgIpc) is 2.27. The van der Waals surface area contributed by atoms with E-state index in [1.807, 2.05) is 0 Å². The number of carbonyl (C=O) groups excluding carboxylic acids is 1. The van der Waals surface area contributed by atoms with Crippen LogP contribution in [0.1, 0.15) is 46.5 Å². The van der Waals surface area contributed by atoms with Gasteiger partial charge in [-0.3, -0.25) is 4.79 Å². The molecule has 0 amide bonds. The van der Waals surface area contributed by atoms with Gasteiger partial charge in [-0.15, -0.1) is 0 Å². The van der Waals surface area contributed by atoms with E-state index in [1.54, 1.807) is 0 Å². The van der Waals surface area contributed by atoms with Crippen LogP contribution < -0.4 is 0 Å². The van der Waals surface area contributed by atoms with Crippen molar-refractivity contribution in [3.63, 3.8) is 0 Å². The minimum absolute atomic E-state index is 0.130. The van der Waals surface area contributed by atoms with Gasteiger partial charge >= 0.3 is 5.97 Å². The van der Waals surface area contributed by atoms with Crippen molar-refractivity contribution in [2.75, 3.05) is 7.11 Å². The highest BCUT2D eigenvalue weighted by atomic mass is 28.4. The van der Waals surface area contributed by atoms with Crippen molar-refractivity contribution in [2.24, 2.45) is 5.92 Å². The minimum Gasteiger partial charge on any atom is -0.547 e. The predicted octanol–water partition coefficient (Wildman–Crippen LogP) is 4.26. The van der Waals surface area contributed by atoms with Gasteiger partial charge in [0.05, 0.1) is 19.3 Å². The van der Waals surface area contributed by atoms with Crippen LogP contribution in [-0.2, 0) is 14.0 Å². The van der Waals surface area contributed by atoms with Crippen LogP contribution in [0.4, 0.5) is 0 Å². The minimum atomic E-state index is -1.75. The summed E-state index contributed by atoms with van der Waals surface area (Å²) < 4.78 is 11.1. The lowest BCUT2D eigenvalue weighted by molar-refractivity contribution is -0.141. The van der Waals surface area contributed by atoms with Gasteiger partial charge in [0.1, 0.15) is 0 Å². The highest BCUT2D eigenvalue weighted by molar-refractivity contribution is 6.74. The molecule has 0 heterocycles. The van der Waals surface area contributed by atoms with E-state index in [-0.39, 0.29) is 16.9 Å². The number of ether oxygens (including phenoxy) is 1. The van der Waals surface area contributed by atoms with Gasteiger partial charge in [0, 0.05) is 6.42 Å². The van der Waals surface area contributed by atoms with Crippen molar-refractivity contribution >= 4 is 14.3 Å². The zero-order valence-corrected chi connectivity index (χ0v) is 14.2. The van der Waals surface area contributed by atoms with Crippen LogP contribution in [0, 0.1) is 5.92 Å². The first kappa shape index (κ1) is 16.3. The number of hydrogen-bond donors (Lipinski definition) is 0. The molecule has 1 aliphatic carbocycles. The third-order valence-corrected chi connectivity index (χ3v) is 8.65. The second-order valence-electron chi connectivity index (χ2n) is 6.93. The monoisotopic (exact) mass is 284 g/mol. The van der Waals surface area contributed by atoms with E-state index < -0.39 is 8.32 Å². The third-order valence-electron chi connectivity index (χ3n) is 4.27. The molecule has 1 atom stereocenters. The number of allylic oxidation sites excluding steroid dienone is 2. The quantitative estimate of drug-likeness (QED) is 0.571. The molecule has 0 saturated heterocycles. The van der Waals surface area contributed by atoms with E-state index >= 15 is 0 Å². The van der Waals surface area contributed by atoms with Gasteiger partial charge < -0.3 is 9.16 Å². The summed E-state index contributed by atoms with van der Waals surface area (Å²) in [6.45, 7) is 11.3. The topological polar surface area (TPSA) is 35.5 Å². The molecule has 1 unspecified atom stereocenters. The zero-order chi connectivity index (χ0) is 14.7. The molecule has 0 N–H and O–H groups in total. The van der Waals surface area contributed by atoms with Crippen LogP contribution in [0.3, 0.4) is 0 Å². The third kappa shape index (κ3) is 4.68. The van der Waals surface area contributed by atoms with Crippen LogP contribution in [-0.4, -0.2) is 21.4 Å². The molecule has 3 nitrogen and oxygen atoms in total.